The molecule has 3 rings (SSSR count). The molecule has 184 valence electrons. The Labute approximate surface area is 206 Å². The number of hydrogen-bond acceptors (Lipinski definition) is 5. The van der Waals surface area contributed by atoms with Crippen LogP contribution in [0.1, 0.15) is 47.0 Å². The number of benzene rings is 3. The number of phenols is 1. The zero-order chi connectivity index (χ0) is 25.3. The molecule has 3 aromatic carbocycles. The van der Waals surface area contributed by atoms with Crippen molar-refractivity contribution in [3.05, 3.63) is 95.1 Å². The molecule has 0 bridgehead atoms. The zero-order valence-corrected chi connectivity index (χ0v) is 20.1. The average molecular weight is 476 g/mol. The van der Waals surface area contributed by atoms with E-state index in [-0.39, 0.29) is 29.4 Å². The molecule has 3 aromatic rings. The van der Waals surface area contributed by atoms with Crippen LogP contribution in [0.5, 0.6) is 5.75 Å². The van der Waals surface area contributed by atoms with Crippen molar-refractivity contribution in [3.63, 3.8) is 0 Å². The highest BCUT2D eigenvalue weighted by molar-refractivity contribution is 5.94. The summed E-state index contributed by atoms with van der Waals surface area (Å²) in [4.78, 5) is 23.3. The molecule has 0 saturated heterocycles. The number of anilines is 1. The summed E-state index contributed by atoms with van der Waals surface area (Å²) in [7, 11) is 0. The number of aliphatic hydroxyl groups is 1. The van der Waals surface area contributed by atoms with Gasteiger partial charge in [0, 0.05) is 24.2 Å². The Morgan fingerprint density at radius 2 is 1.74 bits per heavy atom. The van der Waals surface area contributed by atoms with Gasteiger partial charge in [-0.3, -0.25) is 9.59 Å². The number of aromatic hydroxyl groups is 1. The molecule has 5 N–H and O–H groups in total. The molecule has 0 aliphatic carbocycles. The van der Waals surface area contributed by atoms with E-state index in [1.807, 2.05) is 62.4 Å². The Morgan fingerprint density at radius 1 is 1.00 bits per heavy atom. The van der Waals surface area contributed by atoms with E-state index in [0.717, 1.165) is 12.0 Å². The zero-order valence-electron chi connectivity index (χ0n) is 20.1. The van der Waals surface area contributed by atoms with E-state index in [0.29, 0.717) is 30.5 Å². The molecule has 7 heteroatoms. The van der Waals surface area contributed by atoms with E-state index < -0.39 is 6.10 Å². The lowest BCUT2D eigenvalue weighted by Crippen LogP contribution is -2.43. The van der Waals surface area contributed by atoms with Gasteiger partial charge < -0.3 is 26.2 Å². The molecule has 0 radical (unpaired) electrons. The molecule has 0 unspecified atom stereocenters. The Bertz CT molecular complexity index is 1130. The van der Waals surface area contributed by atoms with Crippen molar-refractivity contribution in [2.45, 2.75) is 38.3 Å². The van der Waals surface area contributed by atoms with Gasteiger partial charge in [0.05, 0.1) is 11.8 Å². The third kappa shape index (κ3) is 7.95. The molecule has 0 saturated carbocycles. The molecule has 0 heterocycles. The highest BCUT2D eigenvalue weighted by Gasteiger charge is 2.21. The maximum atomic E-state index is 12.6. The second-order valence-electron chi connectivity index (χ2n) is 9.19. The van der Waals surface area contributed by atoms with Crippen molar-refractivity contribution in [1.82, 2.24) is 10.6 Å². The highest BCUT2D eigenvalue weighted by atomic mass is 16.3. The van der Waals surface area contributed by atoms with E-state index in [9.17, 15) is 19.8 Å². The lowest BCUT2D eigenvalue weighted by Gasteiger charge is -2.28. The molecule has 0 spiro atoms. The van der Waals surface area contributed by atoms with E-state index >= 15 is 0 Å². The summed E-state index contributed by atoms with van der Waals surface area (Å²) in [5, 5.41) is 29.2. The summed E-state index contributed by atoms with van der Waals surface area (Å²) in [5.41, 5.74) is 3.27. The predicted molar refractivity (Wildman–Crippen MR) is 137 cm³/mol. The van der Waals surface area contributed by atoms with Crippen LogP contribution in [0.15, 0.2) is 72.8 Å². The van der Waals surface area contributed by atoms with Gasteiger partial charge in [0.2, 0.25) is 6.41 Å². The second-order valence-corrected chi connectivity index (χ2v) is 9.19. The van der Waals surface area contributed by atoms with Crippen molar-refractivity contribution in [1.29, 1.82) is 0 Å². The Balaban J connectivity index is 1.54. The number of carbonyl (C=O) groups excluding carboxylic acids is 2. The van der Waals surface area contributed by atoms with E-state index in [4.69, 9.17) is 0 Å². The lowest BCUT2D eigenvalue weighted by molar-refractivity contribution is -0.105. The SMILES string of the molecule is CC(C)(Cc1cccc(C(=O)NCCc2ccccc2)c1)NC[C@H](O)c1ccc(O)c(NC=O)c1. The quantitative estimate of drug-likeness (QED) is 0.203. The predicted octanol–water partition coefficient (Wildman–Crippen LogP) is 3.58. The van der Waals surface area contributed by atoms with Crippen LogP contribution in [0.4, 0.5) is 5.69 Å². The van der Waals surface area contributed by atoms with Gasteiger partial charge in [-0.1, -0.05) is 48.5 Å². The van der Waals surface area contributed by atoms with Crippen molar-refractivity contribution in [3.8, 4) is 5.75 Å². The summed E-state index contributed by atoms with van der Waals surface area (Å²) in [6, 6.07) is 22.2. The van der Waals surface area contributed by atoms with Crippen molar-refractivity contribution < 1.29 is 19.8 Å². The summed E-state index contributed by atoms with van der Waals surface area (Å²) < 4.78 is 0. The summed E-state index contributed by atoms with van der Waals surface area (Å²) in [6.07, 6.45) is 1.07. The fraction of sp³-hybridized carbons (Fsp3) is 0.286. The van der Waals surface area contributed by atoms with Gasteiger partial charge in [-0.2, -0.15) is 0 Å². The van der Waals surface area contributed by atoms with Gasteiger partial charge in [0.25, 0.3) is 5.91 Å². The van der Waals surface area contributed by atoms with Crippen molar-refractivity contribution in [2.24, 2.45) is 0 Å². The first-order valence-corrected chi connectivity index (χ1v) is 11.6. The minimum atomic E-state index is -0.830. The standard InChI is InChI=1S/C28H33N3O4/c1-28(2,31-18-26(34)22-11-12-25(33)24(16-22)30-19-32)17-21-9-6-10-23(15-21)27(35)29-14-13-20-7-4-3-5-8-20/h3-12,15-16,19,26,31,33-34H,13-14,17-18H2,1-2H3,(H,29,35)(H,30,32)/t26-/m0/s1. The molecule has 0 aliphatic rings. The molecule has 35 heavy (non-hydrogen) atoms. The first-order valence-electron chi connectivity index (χ1n) is 11.6. The average Bonchev–Trinajstić information content (AvgIpc) is 2.84. The third-order valence-electron chi connectivity index (χ3n) is 5.77. The van der Waals surface area contributed by atoms with Crippen molar-refractivity contribution >= 4 is 18.0 Å². The molecule has 0 fully saturated rings. The topological polar surface area (TPSA) is 111 Å². The molecule has 1 atom stereocenters. The number of rotatable bonds is 12. The Kier molecular flexibility index (Phi) is 9.00. The summed E-state index contributed by atoms with van der Waals surface area (Å²) in [5.74, 6) is -0.165. The third-order valence-corrected chi connectivity index (χ3v) is 5.77. The van der Waals surface area contributed by atoms with Gasteiger partial charge in [-0.05, 0) is 67.6 Å². The van der Waals surface area contributed by atoms with Gasteiger partial charge >= 0.3 is 0 Å². The maximum absolute atomic E-state index is 12.6. The highest BCUT2D eigenvalue weighted by Crippen LogP contribution is 2.27. The molecule has 0 aliphatic heterocycles. The van der Waals surface area contributed by atoms with E-state index in [2.05, 4.69) is 16.0 Å². The summed E-state index contributed by atoms with van der Waals surface area (Å²) >= 11 is 0. The first-order chi connectivity index (χ1) is 16.8. The number of aliphatic hydroxyl groups excluding tert-OH is 1. The largest absolute Gasteiger partial charge is 0.506 e. The number of phenolic OH excluding ortho intramolecular Hbond substituents is 1. The van der Waals surface area contributed by atoms with Crippen molar-refractivity contribution in [2.75, 3.05) is 18.4 Å². The van der Waals surface area contributed by atoms with Gasteiger partial charge in [-0.15, -0.1) is 0 Å². The molecule has 7 nitrogen and oxygen atoms in total. The molecule has 2 amide bonds. The van der Waals surface area contributed by atoms with Gasteiger partial charge in [0.15, 0.2) is 0 Å². The Morgan fingerprint density at radius 3 is 2.49 bits per heavy atom. The second kappa shape index (κ2) is 12.1. The van der Waals surface area contributed by atoms with E-state index in [1.165, 1.54) is 11.6 Å². The monoisotopic (exact) mass is 475 g/mol. The van der Waals surface area contributed by atoms with Gasteiger partial charge in [-0.25, -0.2) is 0 Å². The fourth-order valence-corrected chi connectivity index (χ4v) is 3.89. The van der Waals surface area contributed by atoms with Gasteiger partial charge in [0.1, 0.15) is 5.75 Å². The number of β-amino-alcohol motifs (C(OH)–C–C–N with tert-alkyl or cyclic N) is 1. The van der Waals surface area contributed by atoms with Crippen LogP contribution in [-0.4, -0.2) is 41.2 Å². The van der Waals surface area contributed by atoms with Crippen LogP contribution in [-0.2, 0) is 17.6 Å². The van der Waals surface area contributed by atoms with Crippen LogP contribution in [0, 0.1) is 0 Å². The van der Waals surface area contributed by atoms with Crippen LogP contribution in [0.25, 0.3) is 0 Å². The number of carbonyl (C=O) groups is 2. The molecule has 0 aromatic heterocycles. The molecular weight excluding hydrogens is 442 g/mol. The van der Waals surface area contributed by atoms with E-state index in [1.54, 1.807) is 18.2 Å². The fourth-order valence-electron chi connectivity index (χ4n) is 3.89. The smallest absolute Gasteiger partial charge is 0.251 e. The number of nitrogens with one attached hydrogen (secondary N) is 3. The number of hydrogen-bond donors (Lipinski definition) is 5. The number of amides is 2. The van der Waals surface area contributed by atoms with Crippen LogP contribution in [0.2, 0.25) is 0 Å². The summed E-state index contributed by atoms with van der Waals surface area (Å²) in [6.45, 7) is 4.91. The van der Waals surface area contributed by atoms with Crippen LogP contribution >= 0.6 is 0 Å². The minimum absolute atomic E-state index is 0.0645. The minimum Gasteiger partial charge on any atom is -0.506 e. The normalized spacial score (nSPS) is 12.1. The Hall–Kier alpha value is -3.68. The lowest BCUT2D eigenvalue weighted by atomic mass is 9.93. The molecular formula is C28H33N3O4. The first kappa shape index (κ1) is 25.9. The maximum Gasteiger partial charge on any atom is 0.251 e. The van der Waals surface area contributed by atoms with Crippen LogP contribution < -0.4 is 16.0 Å². The van der Waals surface area contributed by atoms with Crippen LogP contribution in [0.3, 0.4) is 0 Å².